The lowest BCUT2D eigenvalue weighted by Crippen LogP contribution is -2.38. The molecule has 0 aromatic heterocycles. The summed E-state index contributed by atoms with van der Waals surface area (Å²) in [6, 6.07) is 19.6. The average Bonchev–Trinajstić information content (AvgIpc) is 2.72. The molecule has 0 bridgehead atoms. The first kappa shape index (κ1) is 21.7. The molecule has 0 atom stereocenters. The number of anilines is 2. The van der Waals surface area contributed by atoms with Crippen molar-refractivity contribution in [2.45, 2.75) is 11.8 Å². The van der Waals surface area contributed by atoms with Crippen LogP contribution in [0.15, 0.2) is 77.7 Å². The van der Waals surface area contributed by atoms with Crippen LogP contribution in [0.5, 0.6) is 5.75 Å². The Bertz CT molecular complexity index is 1150. The quantitative estimate of drug-likeness (QED) is 0.582. The second-order valence-electron chi connectivity index (χ2n) is 6.58. The van der Waals surface area contributed by atoms with Crippen molar-refractivity contribution >= 4 is 38.9 Å². The van der Waals surface area contributed by atoms with Gasteiger partial charge in [0.15, 0.2) is 0 Å². The van der Waals surface area contributed by atoms with E-state index in [-0.39, 0.29) is 10.6 Å². The minimum absolute atomic E-state index is 0.0339. The summed E-state index contributed by atoms with van der Waals surface area (Å²) in [5, 5.41) is 3.10. The highest BCUT2D eigenvalue weighted by molar-refractivity contribution is 7.92. The van der Waals surface area contributed by atoms with E-state index in [1.807, 2.05) is 19.1 Å². The molecule has 156 valence electrons. The summed E-state index contributed by atoms with van der Waals surface area (Å²) in [6.07, 6.45) is 0. The van der Waals surface area contributed by atoms with E-state index in [1.54, 1.807) is 42.5 Å². The maximum atomic E-state index is 13.3. The number of nitrogens with one attached hydrogen (secondary N) is 1. The monoisotopic (exact) mass is 444 g/mol. The molecule has 0 aliphatic heterocycles. The standard InChI is InChI=1S/C22H21ClN2O4S/c1-16-5-3-7-18(13-16)24-22(26)15-25(19-8-4-6-17(23)14-19)30(27,28)21-11-9-20(29-2)10-12-21/h3-14H,15H2,1-2H3,(H,24,26). The number of nitrogens with zero attached hydrogens (tertiary/aromatic N) is 1. The molecule has 1 N–H and O–H groups in total. The van der Waals surface area contributed by atoms with E-state index in [1.165, 1.54) is 25.3 Å². The number of rotatable bonds is 7. The number of carbonyl (C=O) groups is 1. The van der Waals surface area contributed by atoms with Crippen molar-refractivity contribution in [1.82, 2.24) is 0 Å². The Morgan fingerprint density at radius 1 is 1.03 bits per heavy atom. The number of amides is 1. The first-order chi connectivity index (χ1) is 14.3. The summed E-state index contributed by atoms with van der Waals surface area (Å²) >= 11 is 6.07. The Kier molecular flexibility index (Phi) is 6.64. The van der Waals surface area contributed by atoms with Gasteiger partial charge in [-0.05, 0) is 67.1 Å². The van der Waals surface area contributed by atoms with Crippen LogP contribution in [0, 0.1) is 6.92 Å². The summed E-state index contributed by atoms with van der Waals surface area (Å²) in [4.78, 5) is 12.7. The first-order valence-corrected chi connectivity index (χ1v) is 10.9. The Morgan fingerprint density at radius 3 is 2.37 bits per heavy atom. The number of sulfonamides is 1. The van der Waals surface area contributed by atoms with Crippen LogP contribution in [0.2, 0.25) is 5.02 Å². The van der Waals surface area contributed by atoms with Gasteiger partial charge in [0.05, 0.1) is 17.7 Å². The molecule has 0 fully saturated rings. The zero-order valence-corrected chi connectivity index (χ0v) is 18.1. The van der Waals surface area contributed by atoms with Gasteiger partial charge in [-0.15, -0.1) is 0 Å². The zero-order chi connectivity index (χ0) is 21.7. The number of carbonyl (C=O) groups excluding carboxylic acids is 1. The van der Waals surface area contributed by atoms with Gasteiger partial charge in [0.2, 0.25) is 5.91 Å². The van der Waals surface area contributed by atoms with Crippen molar-refractivity contribution in [3.05, 3.63) is 83.4 Å². The molecule has 3 aromatic rings. The third-order valence-corrected chi connectivity index (χ3v) is 6.36. The number of halogens is 1. The van der Waals surface area contributed by atoms with E-state index in [9.17, 15) is 13.2 Å². The van der Waals surface area contributed by atoms with Crippen LogP contribution >= 0.6 is 11.6 Å². The predicted molar refractivity (Wildman–Crippen MR) is 119 cm³/mol. The van der Waals surface area contributed by atoms with Crippen molar-refractivity contribution in [2.24, 2.45) is 0 Å². The van der Waals surface area contributed by atoms with Crippen LogP contribution in [-0.4, -0.2) is 28.0 Å². The summed E-state index contributed by atoms with van der Waals surface area (Å²) in [5.74, 6) is 0.0538. The highest BCUT2D eigenvalue weighted by Crippen LogP contribution is 2.27. The van der Waals surface area contributed by atoms with E-state index >= 15 is 0 Å². The van der Waals surface area contributed by atoms with Crippen LogP contribution in [-0.2, 0) is 14.8 Å². The lowest BCUT2D eigenvalue weighted by Gasteiger charge is -2.24. The van der Waals surface area contributed by atoms with Crippen molar-refractivity contribution in [1.29, 1.82) is 0 Å². The number of aryl methyl sites for hydroxylation is 1. The average molecular weight is 445 g/mol. The summed E-state index contributed by atoms with van der Waals surface area (Å²) in [5.41, 5.74) is 1.86. The zero-order valence-electron chi connectivity index (χ0n) is 16.5. The molecule has 30 heavy (non-hydrogen) atoms. The smallest absolute Gasteiger partial charge is 0.264 e. The number of benzene rings is 3. The topological polar surface area (TPSA) is 75.7 Å². The van der Waals surface area contributed by atoms with Crippen molar-refractivity contribution in [3.63, 3.8) is 0 Å². The predicted octanol–water partition coefficient (Wildman–Crippen LogP) is 4.49. The second-order valence-corrected chi connectivity index (χ2v) is 8.88. The molecule has 0 aliphatic rings. The van der Waals surface area contributed by atoms with Gasteiger partial charge in [-0.1, -0.05) is 29.8 Å². The van der Waals surface area contributed by atoms with Gasteiger partial charge in [-0.25, -0.2) is 8.42 Å². The number of methoxy groups -OCH3 is 1. The van der Waals surface area contributed by atoms with Gasteiger partial charge < -0.3 is 10.1 Å². The van der Waals surface area contributed by atoms with Crippen molar-refractivity contribution in [2.75, 3.05) is 23.3 Å². The van der Waals surface area contributed by atoms with Gasteiger partial charge in [0.25, 0.3) is 10.0 Å². The molecule has 1 amide bonds. The molecule has 0 aliphatic carbocycles. The number of hydrogen-bond acceptors (Lipinski definition) is 4. The van der Waals surface area contributed by atoms with Crippen LogP contribution in [0.3, 0.4) is 0 Å². The van der Waals surface area contributed by atoms with E-state index < -0.39 is 22.5 Å². The van der Waals surface area contributed by atoms with E-state index in [2.05, 4.69) is 5.32 Å². The van der Waals surface area contributed by atoms with Crippen LogP contribution in [0.4, 0.5) is 11.4 Å². The third-order valence-electron chi connectivity index (χ3n) is 4.33. The largest absolute Gasteiger partial charge is 0.497 e. The van der Waals surface area contributed by atoms with Crippen molar-refractivity contribution < 1.29 is 17.9 Å². The first-order valence-electron chi connectivity index (χ1n) is 9.08. The van der Waals surface area contributed by atoms with Crippen LogP contribution < -0.4 is 14.4 Å². The molecule has 0 spiro atoms. The maximum Gasteiger partial charge on any atom is 0.264 e. The van der Waals surface area contributed by atoms with Crippen LogP contribution in [0.25, 0.3) is 0 Å². The molecule has 3 aromatic carbocycles. The molecule has 0 unspecified atom stereocenters. The second kappa shape index (κ2) is 9.19. The third kappa shape index (κ3) is 5.11. The minimum Gasteiger partial charge on any atom is -0.497 e. The van der Waals surface area contributed by atoms with E-state index in [0.717, 1.165) is 9.87 Å². The lowest BCUT2D eigenvalue weighted by molar-refractivity contribution is -0.114. The van der Waals surface area contributed by atoms with Gasteiger partial charge >= 0.3 is 0 Å². The number of ether oxygens (including phenoxy) is 1. The van der Waals surface area contributed by atoms with Gasteiger partial charge in [-0.3, -0.25) is 9.10 Å². The minimum atomic E-state index is -4.03. The van der Waals surface area contributed by atoms with Crippen LogP contribution in [0.1, 0.15) is 5.56 Å². The molecule has 8 heteroatoms. The van der Waals surface area contributed by atoms with E-state index in [4.69, 9.17) is 16.3 Å². The number of hydrogen-bond donors (Lipinski definition) is 1. The fraction of sp³-hybridized carbons (Fsp3) is 0.136. The molecule has 3 rings (SSSR count). The van der Waals surface area contributed by atoms with Crippen molar-refractivity contribution in [3.8, 4) is 5.75 Å². The Hall–Kier alpha value is -3.03. The summed E-state index contributed by atoms with van der Waals surface area (Å²) in [7, 11) is -2.54. The Morgan fingerprint density at radius 2 is 1.73 bits per heavy atom. The molecule has 0 saturated carbocycles. The van der Waals surface area contributed by atoms with E-state index in [0.29, 0.717) is 16.5 Å². The van der Waals surface area contributed by atoms with Gasteiger partial charge in [0, 0.05) is 10.7 Å². The lowest BCUT2D eigenvalue weighted by atomic mass is 10.2. The molecular weight excluding hydrogens is 424 g/mol. The Labute approximate surface area is 181 Å². The fourth-order valence-electron chi connectivity index (χ4n) is 2.87. The maximum absolute atomic E-state index is 13.3. The highest BCUT2D eigenvalue weighted by atomic mass is 35.5. The highest BCUT2D eigenvalue weighted by Gasteiger charge is 2.27. The molecule has 6 nitrogen and oxygen atoms in total. The fourth-order valence-corrected chi connectivity index (χ4v) is 4.47. The molecular formula is C22H21ClN2O4S. The molecule has 0 radical (unpaired) electrons. The Balaban J connectivity index is 1.94. The summed E-state index contributed by atoms with van der Waals surface area (Å²) in [6.45, 7) is 1.49. The summed E-state index contributed by atoms with van der Waals surface area (Å²) < 4.78 is 32.8. The normalized spacial score (nSPS) is 11.0. The van der Waals surface area contributed by atoms with Gasteiger partial charge in [0.1, 0.15) is 12.3 Å². The molecule has 0 saturated heterocycles. The SMILES string of the molecule is COc1ccc(S(=O)(=O)N(CC(=O)Nc2cccc(C)c2)c2cccc(Cl)c2)cc1. The van der Waals surface area contributed by atoms with Gasteiger partial charge in [-0.2, -0.15) is 0 Å². The molecule has 0 heterocycles.